The lowest BCUT2D eigenvalue weighted by Gasteiger charge is -2.36. The van der Waals surface area contributed by atoms with E-state index in [1.165, 1.54) is 18.2 Å². The van der Waals surface area contributed by atoms with Crippen molar-refractivity contribution in [3.63, 3.8) is 0 Å². The highest BCUT2D eigenvalue weighted by Gasteiger charge is 2.42. The summed E-state index contributed by atoms with van der Waals surface area (Å²) in [6.45, 7) is 0.361. The van der Waals surface area contributed by atoms with Gasteiger partial charge in [-0.2, -0.15) is 13.2 Å². The molecule has 4 nitrogen and oxygen atoms in total. The number of piperidine rings is 1. The summed E-state index contributed by atoms with van der Waals surface area (Å²) in [5, 5.41) is 10.7. The average molecular weight is 323 g/mol. The maximum absolute atomic E-state index is 12.8. The van der Waals surface area contributed by atoms with E-state index in [9.17, 15) is 23.3 Å². The van der Waals surface area contributed by atoms with Crippen LogP contribution in [0.4, 0.5) is 24.5 Å². The van der Waals surface area contributed by atoms with Crippen molar-refractivity contribution >= 4 is 23.0 Å². The Morgan fingerprint density at radius 1 is 1.43 bits per heavy atom. The Morgan fingerprint density at radius 2 is 2.14 bits per heavy atom. The molecule has 0 spiro atoms. The summed E-state index contributed by atoms with van der Waals surface area (Å²) in [7, 11) is 0. The predicted molar refractivity (Wildman–Crippen MR) is 73.6 cm³/mol. The Kier molecular flexibility index (Phi) is 4.61. The highest BCUT2D eigenvalue weighted by Crippen LogP contribution is 2.36. The largest absolute Gasteiger partial charge is 0.393 e. The maximum atomic E-state index is 12.8. The fourth-order valence-corrected chi connectivity index (χ4v) is 2.78. The molecule has 1 saturated heterocycles. The van der Waals surface area contributed by atoms with Gasteiger partial charge in [-0.3, -0.25) is 10.1 Å². The number of hydrogen-bond acceptors (Lipinski definition) is 3. The summed E-state index contributed by atoms with van der Waals surface area (Å²) in [5.74, 6) is -1.35. The molecule has 0 bridgehead atoms. The van der Waals surface area contributed by atoms with Gasteiger partial charge < -0.3 is 4.90 Å². The lowest BCUT2D eigenvalue weighted by atomic mass is 9.96. The first-order chi connectivity index (χ1) is 9.82. The van der Waals surface area contributed by atoms with Gasteiger partial charge in [-0.1, -0.05) is 0 Å². The minimum atomic E-state index is -4.22. The Morgan fingerprint density at radius 3 is 2.71 bits per heavy atom. The molecule has 116 valence electrons. The smallest absolute Gasteiger partial charge is 0.371 e. The van der Waals surface area contributed by atoms with Crippen LogP contribution in [0.5, 0.6) is 0 Å². The Bertz CT molecular complexity index is 537. The zero-order valence-corrected chi connectivity index (χ0v) is 11.8. The van der Waals surface area contributed by atoms with Crippen molar-refractivity contribution in [1.82, 2.24) is 0 Å². The van der Waals surface area contributed by atoms with E-state index in [2.05, 4.69) is 0 Å². The number of nitro benzene ring substituents is 1. The first-order valence-electron chi connectivity index (χ1n) is 6.48. The molecule has 1 atom stereocenters. The molecule has 0 saturated carbocycles. The molecule has 0 aromatic heterocycles. The minimum absolute atomic E-state index is 0.0181. The van der Waals surface area contributed by atoms with Gasteiger partial charge in [0.2, 0.25) is 0 Å². The Balaban J connectivity index is 2.26. The molecule has 1 unspecified atom stereocenters. The monoisotopic (exact) mass is 322 g/mol. The summed E-state index contributed by atoms with van der Waals surface area (Å²) in [6, 6.07) is 4.09. The van der Waals surface area contributed by atoms with Crippen molar-refractivity contribution < 1.29 is 18.1 Å². The van der Waals surface area contributed by atoms with Gasteiger partial charge in [0.05, 0.1) is 10.8 Å². The highest BCUT2D eigenvalue weighted by atomic mass is 35.5. The number of rotatable bonds is 3. The van der Waals surface area contributed by atoms with Gasteiger partial charge in [-0.15, -0.1) is 11.6 Å². The van der Waals surface area contributed by atoms with Gasteiger partial charge in [-0.25, -0.2) is 0 Å². The van der Waals surface area contributed by atoms with Crippen molar-refractivity contribution in [3.05, 3.63) is 33.9 Å². The SMILES string of the molecule is O=[N+]([O-])c1ccc(N2CCCC(C(F)(F)F)C2)c(CCl)c1. The number of hydrogen-bond donors (Lipinski definition) is 0. The molecule has 0 amide bonds. The molecule has 1 aromatic carbocycles. The molecular formula is C13H14ClF3N2O2. The van der Waals surface area contributed by atoms with Gasteiger partial charge in [0.1, 0.15) is 0 Å². The summed E-state index contributed by atoms with van der Waals surface area (Å²) in [6.07, 6.45) is -3.67. The van der Waals surface area contributed by atoms with Crippen molar-refractivity contribution in [1.29, 1.82) is 0 Å². The van der Waals surface area contributed by atoms with Crippen LogP contribution in [0.1, 0.15) is 18.4 Å². The second kappa shape index (κ2) is 6.09. The molecule has 0 N–H and O–H groups in total. The van der Waals surface area contributed by atoms with Crippen molar-refractivity contribution in [2.24, 2.45) is 5.92 Å². The third-order valence-corrected chi connectivity index (χ3v) is 3.93. The number of alkyl halides is 4. The predicted octanol–water partition coefficient (Wildman–Crippen LogP) is 4.11. The van der Waals surface area contributed by atoms with E-state index in [4.69, 9.17) is 11.6 Å². The van der Waals surface area contributed by atoms with Crippen molar-refractivity contribution in [2.75, 3.05) is 18.0 Å². The normalized spacial score (nSPS) is 19.6. The molecule has 1 aliphatic heterocycles. The number of anilines is 1. The average Bonchev–Trinajstić information content (AvgIpc) is 2.45. The first-order valence-corrected chi connectivity index (χ1v) is 7.01. The molecule has 1 fully saturated rings. The number of nitro groups is 1. The Hall–Kier alpha value is -1.50. The van der Waals surface area contributed by atoms with E-state index in [-0.39, 0.29) is 24.5 Å². The van der Waals surface area contributed by atoms with E-state index >= 15 is 0 Å². The van der Waals surface area contributed by atoms with Gasteiger partial charge in [0, 0.05) is 36.8 Å². The van der Waals surface area contributed by atoms with Crippen LogP contribution in [0.25, 0.3) is 0 Å². The second-order valence-electron chi connectivity index (χ2n) is 5.03. The van der Waals surface area contributed by atoms with Crippen LogP contribution in [0.3, 0.4) is 0 Å². The zero-order valence-electron chi connectivity index (χ0n) is 11.1. The van der Waals surface area contributed by atoms with E-state index < -0.39 is 17.0 Å². The second-order valence-corrected chi connectivity index (χ2v) is 5.30. The van der Waals surface area contributed by atoms with Crippen LogP contribution in [0, 0.1) is 16.0 Å². The van der Waals surface area contributed by atoms with Crippen LogP contribution in [-0.4, -0.2) is 24.2 Å². The molecule has 1 aromatic rings. The summed E-state index contributed by atoms with van der Waals surface area (Å²) >= 11 is 5.78. The van der Waals surface area contributed by atoms with E-state index in [1.54, 1.807) is 4.90 Å². The molecular weight excluding hydrogens is 309 g/mol. The highest BCUT2D eigenvalue weighted by molar-refractivity contribution is 6.17. The van der Waals surface area contributed by atoms with Crippen molar-refractivity contribution in [3.8, 4) is 0 Å². The Labute approximate surface area is 124 Å². The van der Waals surface area contributed by atoms with Gasteiger partial charge in [-0.05, 0) is 24.5 Å². The summed E-state index contributed by atoms with van der Waals surface area (Å²) in [5.41, 5.74) is 0.914. The van der Waals surface area contributed by atoms with E-state index in [0.29, 0.717) is 24.2 Å². The molecule has 1 heterocycles. The number of nitrogens with zero attached hydrogens (tertiary/aromatic N) is 2. The first kappa shape index (κ1) is 15.9. The molecule has 1 aliphatic rings. The molecule has 2 rings (SSSR count). The minimum Gasteiger partial charge on any atom is -0.371 e. The lowest BCUT2D eigenvalue weighted by molar-refractivity contribution is -0.384. The van der Waals surface area contributed by atoms with E-state index in [1.807, 2.05) is 0 Å². The molecule has 0 aliphatic carbocycles. The van der Waals surface area contributed by atoms with Gasteiger partial charge in [0.25, 0.3) is 5.69 Å². The summed E-state index contributed by atoms with van der Waals surface area (Å²) < 4.78 is 38.5. The van der Waals surface area contributed by atoms with Crippen LogP contribution in [0.2, 0.25) is 0 Å². The number of non-ortho nitro benzene ring substituents is 1. The quantitative estimate of drug-likeness (QED) is 0.478. The van der Waals surface area contributed by atoms with Crippen LogP contribution < -0.4 is 4.90 Å². The third-order valence-electron chi connectivity index (χ3n) is 3.64. The van der Waals surface area contributed by atoms with Gasteiger partial charge >= 0.3 is 6.18 Å². The molecule has 21 heavy (non-hydrogen) atoms. The van der Waals surface area contributed by atoms with E-state index in [0.717, 1.165) is 0 Å². The molecule has 0 radical (unpaired) electrons. The zero-order chi connectivity index (χ0) is 15.6. The van der Waals surface area contributed by atoms with Crippen LogP contribution in [-0.2, 0) is 5.88 Å². The van der Waals surface area contributed by atoms with Crippen molar-refractivity contribution in [2.45, 2.75) is 24.9 Å². The molecule has 8 heteroatoms. The lowest BCUT2D eigenvalue weighted by Crippen LogP contribution is -2.42. The van der Waals surface area contributed by atoms with Crippen LogP contribution in [0.15, 0.2) is 18.2 Å². The maximum Gasteiger partial charge on any atom is 0.393 e. The topological polar surface area (TPSA) is 46.4 Å². The fourth-order valence-electron chi connectivity index (χ4n) is 2.56. The number of benzene rings is 1. The van der Waals surface area contributed by atoms with Crippen LogP contribution >= 0.6 is 11.6 Å². The standard InChI is InChI=1S/C13H14ClF3N2O2/c14-7-9-6-11(19(20)21)3-4-12(9)18-5-1-2-10(8-18)13(15,16)17/h3-4,6,10H,1-2,5,7-8H2. The third kappa shape index (κ3) is 3.58. The fraction of sp³-hybridized carbons (Fsp3) is 0.538. The summed E-state index contributed by atoms with van der Waals surface area (Å²) in [4.78, 5) is 11.8. The number of halogens is 4. The van der Waals surface area contributed by atoms with Gasteiger partial charge in [0.15, 0.2) is 0 Å².